The Morgan fingerprint density at radius 2 is 1.23 bits per heavy atom. The number of anilines is 3. The minimum absolute atomic E-state index is 0.0595. The van der Waals surface area contributed by atoms with Crippen LogP contribution in [0, 0.1) is 0 Å². The van der Waals surface area contributed by atoms with Gasteiger partial charge in [0.25, 0.3) is 0 Å². The fraction of sp³-hybridized carbons (Fsp3) is 0.0811. The molecule has 186 valence electrons. The normalized spacial score (nSPS) is 13.6. The third-order valence-electron chi connectivity index (χ3n) is 8.44. The predicted molar refractivity (Wildman–Crippen MR) is 163 cm³/mol. The summed E-state index contributed by atoms with van der Waals surface area (Å²) in [5.74, 6) is 0. The van der Waals surface area contributed by atoms with Crippen molar-refractivity contribution in [3.05, 3.63) is 139 Å². The molecule has 7 aromatic rings. The molecule has 0 unspecified atom stereocenters. The van der Waals surface area contributed by atoms with Gasteiger partial charge in [0.2, 0.25) is 0 Å². The van der Waals surface area contributed by atoms with E-state index in [-0.39, 0.29) is 5.41 Å². The van der Waals surface area contributed by atoms with Gasteiger partial charge in [0, 0.05) is 38.6 Å². The summed E-state index contributed by atoms with van der Waals surface area (Å²) in [6.45, 7) is 4.67. The SMILES string of the molecule is CC1(C)c2ccccc2-c2ccc(N(c3ccccc3)c3ccc4oc5c6ccccc6ccc5c4c3)cc21. The van der Waals surface area contributed by atoms with Gasteiger partial charge >= 0.3 is 0 Å². The highest BCUT2D eigenvalue weighted by Crippen LogP contribution is 2.50. The van der Waals surface area contributed by atoms with Crippen LogP contribution < -0.4 is 4.90 Å². The van der Waals surface area contributed by atoms with Gasteiger partial charge in [-0.2, -0.15) is 0 Å². The monoisotopic (exact) mass is 501 g/mol. The van der Waals surface area contributed by atoms with Crippen molar-refractivity contribution in [2.75, 3.05) is 4.90 Å². The fourth-order valence-electron chi connectivity index (χ4n) is 6.49. The van der Waals surface area contributed by atoms with Crippen LogP contribution in [-0.2, 0) is 5.41 Å². The standard InChI is InChI=1S/C37H27NO/c1-37(2)33-15-9-8-14-29(33)30-20-17-27(23-34(30)37)38(25-11-4-3-5-12-25)26-18-21-35-32(22-26)31-19-16-24-10-6-7-13-28(24)36(31)39-35/h3-23H,1-2H3. The minimum atomic E-state index is -0.0595. The van der Waals surface area contributed by atoms with Gasteiger partial charge in [-0.3, -0.25) is 0 Å². The summed E-state index contributed by atoms with van der Waals surface area (Å²) < 4.78 is 6.42. The molecule has 1 aromatic heterocycles. The third kappa shape index (κ3) is 3.21. The Labute approximate surface area is 227 Å². The average molecular weight is 502 g/mol. The lowest BCUT2D eigenvalue weighted by Gasteiger charge is -2.28. The minimum Gasteiger partial charge on any atom is -0.455 e. The summed E-state index contributed by atoms with van der Waals surface area (Å²) in [4.78, 5) is 2.36. The van der Waals surface area contributed by atoms with Gasteiger partial charge in [-0.1, -0.05) is 92.7 Å². The van der Waals surface area contributed by atoms with E-state index in [1.807, 2.05) is 0 Å². The highest BCUT2D eigenvalue weighted by atomic mass is 16.3. The molecule has 39 heavy (non-hydrogen) atoms. The molecule has 1 heterocycles. The molecule has 1 aliphatic rings. The van der Waals surface area contributed by atoms with Gasteiger partial charge < -0.3 is 9.32 Å². The Morgan fingerprint density at radius 1 is 0.513 bits per heavy atom. The number of benzene rings is 6. The number of furan rings is 1. The van der Waals surface area contributed by atoms with Crippen molar-refractivity contribution in [3.63, 3.8) is 0 Å². The van der Waals surface area contributed by atoms with Gasteiger partial charge in [0.1, 0.15) is 11.2 Å². The lowest BCUT2D eigenvalue weighted by Crippen LogP contribution is -2.16. The van der Waals surface area contributed by atoms with Crippen LogP contribution in [-0.4, -0.2) is 0 Å². The number of hydrogen-bond acceptors (Lipinski definition) is 2. The van der Waals surface area contributed by atoms with Gasteiger partial charge in [-0.05, 0) is 76.2 Å². The van der Waals surface area contributed by atoms with E-state index in [0.717, 1.165) is 44.4 Å². The number of para-hydroxylation sites is 1. The quantitative estimate of drug-likeness (QED) is 0.239. The summed E-state index contributed by atoms with van der Waals surface area (Å²) in [6, 6.07) is 45.8. The number of fused-ring (bicyclic) bond motifs is 8. The van der Waals surface area contributed by atoms with Crippen molar-refractivity contribution in [1.82, 2.24) is 0 Å². The molecular formula is C37H27NO. The first-order chi connectivity index (χ1) is 19.1. The Balaban J connectivity index is 1.34. The van der Waals surface area contributed by atoms with E-state index in [2.05, 4.69) is 146 Å². The highest BCUT2D eigenvalue weighted by molar-refractivity contribution is 6.15. The molecule has 0 aliphatic heterocycles. The predicted octanol–water partition coefficient (Wildman–Crippen LogP) is 10.5. The topological polar surface area (TPSA) is 16.4 Å². The fourth-order valence-corrected chi connectivity index (χ4v) is 6.49. The van der Waals surface area contributed by atoms with Crippen molar-refractivity contribution in [1.29, 1.82) is 0 Å². The smallest absolute Gasteiger partial charge is 0.143 e. The zero-order valence-electron chi connectivity index (χ0n) is 22.0. The molecule has 0 spiro atoms. The van der Waals surface area contributed by atoms with E-state index >= 15 is 0 Å². The molecule has 6 aromatic carbocycles. The Morgan fingerprint density at radius 3 is 2.13 bits per heavy atom. The van der Waals surface area contributed by atoms with Crippen LogP contribution in [0.2, 0.25) is 0 Å². The van der Waals surface area contributed by atoms with Crippen molar-refractivity contribution in [2.24, 2.45) is 0 Å². The molecule has 0 atom stereocenters. The number of nitrogens with zero attached hydrogens (tertiary/aromatic N) is 1. The van der Waals surface area contributed by atoms with Gasteiger partial charge in [0.05, 0.1) is 0 Å². The molecule has 0 N–H and O–H groups in total. The maximum atomic E-state index is 6.42. The van der Waals surface area contributed by atoms with Crippen LogP contribution in [0.4, 0.5) is 17.1 Å². The Hall–Kier alpha value is -4.82. The van der Waals surface area contributed by atoms with E-state index in [4.69, 9.17) is 4.42 Å². The number of rotatable bonds is 3. The van der Waals surface area contributed by atoms with Crippen molar-refractivity contribution < 1.29 is 4.42 Å². The summed E-state index contributed by atoms with van der Waals surface area (Å²) in [5.41, 5.74) is 10.6. The molecule has 0 amide bonds. The second-order valence-electron chi connectivity index (χ2n) is 11.0. The van der Waals surface area contributed by atoms with E-state index in [0.29, 0.717) is 0 Å². The molecule has 8 rings (SSSR count). The Kier molecular flexibility index (Phi) is 4.60. The first kappa shape index (κ1) is 22.2. The lowest BCUT2D eigenvalue weighted by molar-refractivity contribution is 0.660. The molecule has 0 fully saturated rings. The van der Waals surface area contributed by atoms with Crippen LogP contribution in [0.25, 0.3) is 43.8 Å². The maximum Gasteiger partial charge on any atom is 0.143 e. The Bertz CT molecular complexity index is 2050. The third-order valence-corrected chi connectivity index (χ3v) is 8.44. The molecule has 1 aliphatic carbocycles. The lowest BCUT2D eigenvalue weighted by atomic mass is 9.82. The molecular weight excluding hydrogens is 474 g/mol. The summed E-state index contributed by atoms with van der Waals surface area (Å²) in [5, 5.41) is 4.61. The van der Waals surface area contributed by atoms with Crippen LogP contribution >= 0.6 is 0 Å². The second-order valence-corrected chi connectivity index (χ2v) is 11.0. The van der Waals surface area contributed by atoms with Crippen molar-refractivity contribution in [2.45, 2.75) is 19.3 Å². The van der Waals surface area contributed by atoms with Crippen molar-refractivity contribution in [3.8, 4) is 11.1 Å². The van der Waals surface area contributed by atoms with Gasteiger partial charge in [-0.25, -0.2) is 0 Å². The zero-order chi connectivity index (χ0) is 26.1. The highest BCUT2D eigenvalue weighted by Gasteiger charge is 2.35. The molecule has 0 bridgehead atoms. The van der Waals surface area contributed by atoms with Crippen LogP contribution in [0.1, 0.15) is 25.0 Å². The summed E-state index contributed by atoms with van der Waals surface area (Å²) >= 11 is 0. The van der Waals surface area contributed by atoms with E-state index in [1.54, 1.807) is 0 Å². The second kappa shape index (κ2) is 8.09. The first-order valence-electron chi connectivity index (χ1n) is 13.5. The average Bonchev–Trinajstić information content (AvgIpc) is 3.46. The van der Waals surface area contributed by atoms with E-state index in [9.17, 15) is 0 Å². The number of hydrogen-bond donors (Lipinski definition) is 0. The van der Waals surface area contributed by atoms with Gasteiger partial charge in [-0.15, -0.1) is 0 Å². The van der Waals surface area contributed by atoms with Crippen LogP contribution in [0.15, 0.2) is 132 Å². The van der Waals surface area contributed by atoms with E-state index in [1.165, 1.54) is 27.6 Å². The molecule has 2 heteroatoms. The molecule has 0 saturated carbocycles. The maximum absolute atomic E-state index is 6.42. The zero-order valence-corrected chi connectivity index (χ0v) is 22.0. The van der Waals surface area contributed by atoms with Crippen molar-refractivity contribution >= 4 is 49.8 Å². The summed E-state index contributed by atoms with van der Waals surface area (Å²) in [7, 11) is 0. The molecule has 0 saturated heterocycles. The van der Waals surface area contributed by atoms with Crippen LogP contribution in [0.5, 0.6) is 0 Å². The molecule has 0 radical (unpaired) electrons. The summed E-state index contributed by atoms with van der Waals surface area (Å²) in [6.07, 6.45) is 0. The molecule has 2 nitrogen and oxygen atoms in total. The van der Waals surface area contributed by atoms with Gasteiger partial charge in [0.15, 0.2) is 0 Å². The first-order valence-corrected chi connectivity index (χ1v) is 13.5. The largest absolute Gasteiger partial charge is 0.455 e. The van der Waals surface area contributed by atoms with Crippen LogP contribution in [0.3, 0.4) is 0 Å². The van der Waals surface area contributed by atoms with E-state index < -0.39 is 0 Å².